The van der Waals surface area contributed by atoms with Crippen molar-refractivity contribution in [2.24, 2.45) is 0 Å². The fraction of sp³-hybridized carbons (Fsp3) is 0.0714. The van der Waals surface area contributed by atoms with Gasteiger partial charge in [0.1, 0.15) is 24.8 Å². The number of nitrogens with one attached hydrogen (secondary N) is 2. The maximum absolute atomic E-state index is 4.25. The van der Waals surface area contributed by atoms with Gasteiger partial charge in [-0.15, -0.1) is 0 Å². The van der Waals surface area contributed by atoms with Crippen LogP contribution in [0.1, 0.15) is 5.56 Å². The molecule has 0 aliphatic rings. The monoisotopic (exact) mass is 292 g/mol. The van der Waals surface area contributed by atoms with Crippen LogP contribution in [0.4, 0.5) is 5.82 Å². The molecule has 0 amide bonds. The summed E-state index contributed by atoms with van der Waals surface area (Å²) < 4.78 is 1.72. The molecular weight excluding hydrogens is 280 g/mol. The van der Waals surface area contributed by atoms with Crippen LogP contribution in [0.5, 0.6) is 0 Å². The Labute approximate surface area is 125 Å². The van der Waals surface area contributed by atoms with E-state index in [1.807, 2.05) is 24.3 Å². The average Bonchev–Trinajstić information content (AvgIpc) is 3.24. The summed E-state index contributed by atoms with van der Waals surface area (Å²) in [6.07, 6.45) is 6.41. The van der Waals surface area contributed by atoms with E-state index >= 15 is 0 Å². The highest BCUT2D eigenvalue weighted by Crippen LogP contribution is 2.17. The van der Waals surface area contributed by atoms with Crippen LogP contribution in [0.2, 0.25) is 0 Å². The first-order valence-electron chi connectivity index (χ1n) is 6.72. The number of nitrogens with zero attached hydrogens (tertiary/aromatic N) is 6. The summed E-state index contributed by atoms with van der Waals surface area (Å²) in [5.74, 6) is 0.763. The third-order valence-corrected chi connectivity index (χ3v) is 3.33. The van der Waals surface area contributed by atoms with Crippen LogP contribution in [-0.2, 0) is 6.54 Å². The third kappa shape index (κ3) is 2.26. The second-order valence-electron chi connectivity index (χ2n) is 4.71. The molecule has 0 aliphatic heterocycles. The molecule has 0 bridgehead atoms. The molecule has 0 radical (unpaired) electrons. The lowest BCUT2D eigenvalue weighted by molar-refractivity contribution is 0.877. The second kappa shape index (κ2) is 5.24. The molecule has 0 spiro atoms. The van der Waals surface area contributed by atoms with Crippen LogP contribution in [0.15, 0.2) is 49.4 Å². The third-order valence-electron chi connectivity index (χ3n) is 3.33. The first kappa shape index (κ1) is 12.5. The van der Waals surface area contributed by atoms with Gasteiger partial charge >= 0.3 is 0 Å². The Balaban J connectivity index is 1.51. The van der Waals surface area contributed by atoms with Crippen molar-refractivity contribution in [3.63, 3.8) is 0 Å². The van der Waals surface area contributed by atoms with E-state index in [1.54, 1.807) is 17.2 Å². The highest BCUT2D eigenvalue weighted by atomic mass is 15.3. The molecule has 0 unspecified atom stereocenters. The Kier molecular flexibility index (Phi) is 2.97. The van der Waals surface area contributed by atoms with Crippen molar-refractivity contribution in [3.05, 3.63) is 55.0 Å². The number of aromatic amines is 1. The van der Waals surface area contributed by atoms with Crippen molar-refractivity contribution in [1.29, 1.82) is 0 Å². The normalized spacial score (nSPS) is 10.9. The van der Waals surface area contributed by atoms with Gasteiger partial charge in [0.05, 0.1) is 17.3 Å². The van der Waals surface area contributed by atoms with Gasteiger partial charge in [-0.3, -0.25) is 5.10 Å². The number of anilines is 1. The van der Waals surface area contributed by atoms with E-state index in [0.29, 0.717) is 6.54 Å². The Morgan fingerprint density at radius 3 is 2.82 bits per heavy atom. The smallest absolute Gasteiger partial charge is 0.160 e. The van der Waals surface area contributed by atoms with E-state index in [-0.39, 0.29) is 0 Å². The average molecular weight is 292 g/mol. The summed E-state index contributed by atoms with van der Waals surface area (Å²) in [4.78, 5) is 12.3. The summed E-state index contributed by atoms with van der Waals surface area (Å²) in [5, 5.41) is 15.1. The molecule has 22 heavy (non-hydrogen) atoms. The van der Waals surface area contributed by atoms with E-state index < -0.39 is 0 Å². The van der Waals surface area contributed by atoms with E-state index in [1.165, 1.54) is 12.7 Å². The van der Waals surface area contributed by atoms with Crippen molar-refractivity contribution in [3.8, 4) is 5.69 Å². The fourth-order valence-corrected chi connectivity index (χ4v) is 2.20. The minimum Gasteiger partial charge on any atom is -0.365 e. The van der Waals surface area contributed by atoms with Crippen LogP contribution in [0.25, 0.3) is 16.7 Å². The molecule has 1 aromatic carbocycles. The van der Waals surface area contributed by atoms with Gasteiger partial charge in [-0.2, -0.15) is 10.2 Å². The minimum absolute atomic E-state index is 0.662. The van der Waals surface area contributed by atoms with Crippen molar-refractivity contribution < 1.29 is 0 Å². The molecule has 3 heterocycles. The maximum atomic E-state index is 4.25. The molecule has 0 aliphatic carbocycles. The molecule has 108 valence electrons. The first-order valence-corrected chi connectivity index (χ1v) is 6.72. The van der Waals surface area contributed by atoms with Crippen LogP contribution in [0.3, 0.4) is 0 Å². The largest absolute Gasteiger partial charge is 0.365 e. The Hall–Kier alpha value is -3.29. The molecule has 8 heteroatoms. The number of benzene rings is 1. The summed E-state index contributed by atoms with van der Waals surface area (Å²) in [6.45, 7) is 0.662. The van der Waals surface area contributed by atoms with Gasteiger partial charge in [0.2, 0.25) is 0 Å². The zero-order valence-electron chi connectivity index (χ0n) is 11.5. The van der Waals surface area contributed by atoms with Gasteiger partial charge in [0.15, 0.2) is 5.65 Å². The maximum Gasteiger partial charge on any atom is 0.160 e. The van der Waals surface area contributed by atoms with Crippen molar-refractivity contribution >= 4 is 16.9 Å². The first-order chi connectivity index (χ1) is 10.9. The minimum atomic E-state index is 0.662. The second-order valence-corrected chi connectivity index (χ2v) is 4.71. The molecule has 0 fully saturated rings. The number of hydrogen-bond acceptors (Lipinski definition) is 6. The fourth-order valence-electron chi connectivity index (χ4n) is 2.20. The highest BCUT2D eigenvalue weighted by molar-refractivity contribution is 5.85. The van der Waals surface area contributed by atoms with E-state index in [0.717, 1.165) is 28.1 Å². The zero-order valence-corrected chi connectivity index (χ0v) is 11.5. The quantitative estimate of drug-likeness (QED) is 0.592. The van der Waals surface area contributed by atoms with Gasteiger partial charge < -0.3 is 5.32 Å². The molecule has 0 saturated heterocycles. The number of H-pyrrole nitrogens is 1. The molecule has 2 N–H and O–H groups in total. The molecular formula is C14H12N8. The van der Waals surface area contributed by atoms with Gasteiger partial charge in [-0.1, -0.05) is 12.1 Å². The van der Waals surface area contributed by atoms with Crippen molar-refractivity contribution in [2.45, 2.75) is 6.54 Å². The molecule has 0 saturated carbocycles. The van der Waals surface area contributed by atoms with Gasteiger partial charge in [-0.25, -0.2) is 19.6 Å². The summed E-state index contributed by atoms with van der Waals surface area (Å²) in [6, 6.07) is 8.08. The Morgan fingerprint density at radius 1 is 1.09 bits per heavy atom. The summed E-state index contributed by atoms with van der Waals surface area (Å²) >= 11 is 0. The Morgan fingerprint density at radius 2 is 2.00 bits per heavy atom. The lowest BCUT2D eigenvalue weighted by Gasteiger charge is -2.07. The predicted molar refractivity (Wildman–Crippen MR) is 80.4 cm³/mol. The standard InChI is InChI=1S/C14H12N8/c1-3-11(22-9-15-7-20-22)4-2-10(1)5-16-13-12-6-19-21-14(12)18-8-17-13/h1-4,6-9H,5H2,(H2,16,17,18,19,21). The van der Waals surface area contributed by atoms with Crippen molar-refractivity contribution in [2.75, 3.05) is 5.32 Å². The van der Waals surface area contributed by atoms with Gasteiger partial charge in [-0.05, 0) is 17.7 Å². The number of rotatable bonds is 4. The van der Waals surface area contributed by atoms with E-state index in [4.69, 9.17) is 0 Å². The lowest BCUT2D eigenvalue weighted by Crippen LogP contribution is -2.02. The Bertz CT molecular complexity index is 879. The van der Waals surface area contributed by atoms with Crippen molar-refractivity contribution in [1.82, 2.24) is 34.9 Å². The van der Waals surface area contributed by atoms with Crippen LogP contribution in [-0.4, -0.2) is 34.9 Å². The number of hydrogen-bond donors (Lipinski definition) is 2. The zero-order chi connectivity index (χ0) is 14.8. The number of aromatic nitrogens is 7. The topological polar surface area (TPSA) is 97.2 Å². The molecule has 4 aromatic rings. The SMILES string of the molecule is c1nc(NCc2ccc(-n3cncn3)cc2)c2cn[nH]c2n1. The lowest BCUT2D eigenvalue weighted by atomic mass is 10.2. The van der Waals surface area contributed by atoms with Crippen LogP contribution < -0.4 is 5.32 Å². The number of fused-ring (bicyclic) bond motifs is 1. The van der Waals surface area contributed by atoms with Gasteiger partial charge in [0, 0.05) is 6.54 Å². The highest BCUT2D eigenvalue weighted by Gasteiger charge is 2.05. The van der Waals surface area contributed by atoms with Gasteiger partial charge in [0.25, 0.3) is 0 Å². The molecule has 4 rings (SSSR count). The predicted octanol–water partition coefficient (Wildman–Crippen LogP) is 1.55. The summed E-state index contributed by atoms with van der Waals surface area (Å²) in [5.41, 5.74) is 2.83. The van der Waals surface area contributed by atoms with E-state index in [2.05, 4.69) is 35.6 Å². The van der Waals surface area contributed by atoms with Crippen LogP contribution in [0, 0.1) is 0 Å². The molecule has 3 aromatic heterocycles. The van der Waals surface area contributed by atoms with Crippen LogP contribution >= 0.6 is 0 Å². The summed E-state index contributed by atoms with van der Waals surface area (Å²) in [7, 11) is 0. The van der Waals surface area contributed by atoms with E-state index in [9.17, 15) is 0 Å². The molecule has 0 atom stereocenters. The molecule has 8 nitrogen and oxygen atoms in total.